The van der Waals surface area contributed by atoms with E-state index in [0.29, 0.717) is 0 Å². The van der Waals surface area contributed by atoms with Gasteiger partial charge in [-0.1, -0.05) is 0 Å². The van der Waals surface area contributed by atoms with Gasteiger partial charge in [0.1, 0.15) is 0 Å². The summed E-state index contributed by atoms with van der Waals surface area (Å²) < 4.78 is 1.86. The van der Waals surface area contributed by atoms with Crippen molar-refractivity contribution in [2.45, 2.75) is 51.4 Å². The number of thiocarbonyl (C=S) groups is 2. The van der Waals surface area contributed by atoms with Crippen LogP contribution in [0.3, 0.4) is 0 Å². The molecule has 0 aromatic heterocycles. The minimum atomic E-state index is 0.930. The molecule has 4 aliphatic heterocycles. The normalized spacial score (nSPS) is 25.0. The molecule has 0 saturated carbocycles. The Labute approximate surface area is 188 Å². The smallest absolute Gasteiger partial charge is 0.178 e. The summed E-state index contributed by atoms with van der Waals surface area (Å²) in [6.45, 7) is 8.89. The molecule has 4 fully saturated rings. The van der Waals surface area contributed by atoms with Crippen molar-refractivity contribution in [3.63, 3.8) is 0 Å². The fourth-order valence-corrected chi connectivity index (χ4v) is 7.16. The maximum Gasteiger partial charge on any atom is 0.178 e. The fraction of sp³-hybridized carbons (Fsp3) is 0.889. The Balaban J connectivity index is 1.37. The van der Waals surface area contributed by atoms with E-state index in [0.717, 1.165) is 61.0 Å². The molecule has 4 saturated heterocycles. The first-order valence-electron chi connectivity index (χ1n) is 10.8. The molecule has 10 heteroatoms. The summed E-state index contributed by atoms with van der Waals surface area (Å²) in [5.74, 6) is 0. The number of rotatable bonds is 4. The average Bonchev–Trinajstić information content (AvgIpc) is 3.50. The molecule has 0 N–H and O–H groups in total. The molecule has 4 rings (SSSR count). The SMILES string of the molecule is S=C(SSC(=S)N(N1CCCC1)N1CCCC1)N(N1CCCC1)N1CCCC1. The molecule has 0 aromatic carbocycles. The van der Waals surface area contributed by atoms with Crippen molar-refractivity contribution in [1.82, 2.24) is 30.3 Å². The first-order valence-corrected chi connectivity index (χ1v) is 13.7. The van der Waals surface area contributed by atoms with Crippen molar-refractivity contribution in [3.05, 3.63) is 0 Å². The van der Waals surface area contributed by atoms with Gasteiger partial charge in [0.15, 0.2) is 8.64 Å². The van der Waals surface area contributed by atoms with E-state index in [1.54, 1.807) is 21.6 Å². The van der Waals surface area contributed by atoms with Crippen LogP contribution >= 0.6 is 46.0 Å². The van der Waals surface area contributed by atoms with Gasteiger partial charge in [-0.25, -0.2) is 30.3 Å². The highest BCUT2D eigenvalue weighted by Crippen LogP contribution is 2.33. The van der Waals surface area contributed by atoms with Crippen molar-refractivity contribution in [3.8, 4) is 0 Å². The van der Waals surface area contributed by atoms with Crippen molar-refractivity contribution in [2.75, 3.05) is 52.4 Å². The minimum Gasteiger partial charge on any atom is -0.218 e. The molecule has 0 amide bonds. The predicted octanol–water partition coefficient (Wildman–Crippen LogP) is 3.58. The molecule has 0 spiro atoms. The summed E-state index contributed by atoms with van der Waals surface area (Å²) in [5, 5.41) is 14.3. The first kappa shape index (κ1) is 21.5. The second-order valence-electron chi connectivity index (χ2n) is 7.92. The van der Waals surface area contributed by atoms with Gasteiger partial charge < -0.3 is 0 Å². The summed E-state index contributed by atoms with van der Waals surface area (Å²) in [5.41, 5.74) is 0. The molecule has 0 radical (unpaired) electrons. The number of nitrogens with zero attached hydrogens (tertiary/aromatic N) is 6. The van der Waals surface area contributed by atoms with E-state index in [9.17, 15) is 0 Å². The van der Waals surface area contributed by atoms with Gasteiger partial charge in [-0.3, -0.25) is 0 Å². The van der Waals surface area contributed by atoms with Crippen LogP contribution in [0.1, 0.15) is 51.4 Å². The van der Waals surface area contributed by atoms with Crippen LogP contribution < -0.4 is 0 Å². The standard InChI is InChI=1S/C18H32N6S4/c25-17(23(19-9-1-2-10-19)20-11-3-4-12-20)27-28-18(26)24(21-13-5-6-14-21)22-15-7-8-16-22/h1-16H2. The van der Waals surface area contributed by atoms with Crippen LogP contribution in [0.4, 0.5) is 0 Å². The second kappa shape index (κ2) is 10.6. The van der Waals surface area contributed by atoms with Gasteiger partial charge >= 0.3 is 0 Å². The van der Waals surface area contributed by atoms with Crippen molar-refractivity contribution < 1.29 is 0 Å². The van der Waals surface area contributed by atoms with Crippen LogP contribution in [-0.4, -0.2) is 91.3 Å². The summed E-state index contributed by atoms with van der Waals surface area (Å²) in [7, 11) is 3.33. The topological polar surface area (TPSA) is 19.4 Å². The van der Waals surface area contributed by atoms with Crippen LogP contribution in [0.15, 0.2) is 0 Å². The molecule has 0 atom stereocenters. The Morgan fingerprint density at radius 3 is 0.893 bits per heavy atom. The lowest BCUT2D eigenvalue weighted by molar-refractivity contribution is -0.0942. The fourth-order valence-electron chi connectivity index (χ4n) is 4.52. The van der Waals surface area contributed by atoms with Gasteiger partial charge in [0, 0.05) is 52.4 Å². The van der Waals surface area contributed by atoms with Gasteiger partial charge in [-0.05, 0) is 97.4 Å². The van der Waals surface area contributed by atoms with Crippen LogP contribution in [0, 0.1) is 0 Å². The number of hydrogen-bond acceptors (Lipinski definition) is 8. The van der Waals surface area contributed by atoms with Crippen LogP contribution in [0.5, 0.6) is 0 Å². The largest absolute Gasteiger partial charge is 0.218 e. The van der Waals surface area contributed by atoms with E-state index in [4.69, 9.17) is 24.4 Å². The molecule has 158 valence electrons. The molecule has 6 nitrogen and oxygen atoms in total. The van der Waals surface area contributed by atoms with E-state index in [1.807, 2.05) is 0 Å². The third-order valence-corrected chi connectivity index (χ3v) is 9.26. The van der Waals surface area contributed by atoms with Crippen molar-refractivity contribution >= 4 is 54.7 Å². The van der Waals surface area contributed by atoms with Crippen LogP contribution in [-0.2, 0) is 0 Å². The highest BCUT2D eigenvalue weighted by atomic mass is 33.1. The summed E-state index contributed by atoms with van der Waals surface area (Å²) in [6.07, 6.45) is 10.1. The van der Waals surface area contributed by atoms with Gasteiger partial charge in [-0.15, -0.1) is 0 Å². The highest BCUT2D eigenvalue weighted by Gasteiger charge is 2.32. The molecule has 0 aliphatic carbocycles. The zero-order chi connectivity index (χ0) is 19.3. The van der Waals surface area contributed by atoms with E-state index < -0.39 is 0 Å². The van der Waals surface area contributed by atoms with Gasteiger partial charge in [-0.2, -0.15) is 0 Å². The third kappa shape index (κ3) is 5.14. The van der Waals surface area contributed by atoms with Crippen molar-refractivity contribution in [2.24, 2.45) is 0 Å². The lowest BCUT2D eigenvalue weighted by Crippen LogP contribution is -2.53. The Bertz CT molecular complexity index is 460. The van der Waals surface area contributed by atoms with E-state index in [-0.39, 0.29) is 0 Å². The maximum atomic E-state index is 5.90. The quantitative estimate of drug-likeness (QED) is 0.456. The zero-order valence-electron chi connectivity index (χ0n) is 16.6. The third-order valence-electron chi connectivity index (χ3n) is 5.91. The number of hydrazine groups is 4. The molecule has 0 bridgehead atoms. The monoisotopic (exact) mass is 460 g/mol. The molecular weight excluding hydrogens is 429 g/mol. The Morgan fingerprint density at radius 2 is 0.679 bits per heavy atom. The lowest BCUT2D eigenvalue weighted by atomic mass is 10.4. The molecule has 28 heavy (non-hydrogen) atoms. The van der Waals surface area contributed by atoms with Crippen LogP contribution in [0.2, 0.25) is 0 Å². The van der Waals surface area contributed by atoms with Crippen LogP contribution in [0.25, 0.3) is 0 Å². The average molecular weight is 461 g/mol. The minimum absolute atomic E-state index is 0.930. The Hall–Kier alpha value is 0.320. The number of hydrogen-bond donors (Lipinski definition) is 0. The maximum absolute atomic E-state index is 5.90. The molecule has 0 unspecified atom stereocenters. The van der Waals surface area contributed by atoms with E-state index in [2.05, 4.69) is 30.3 Å². The highest BCUT2D eigenvalue weighted by molar-refractivity contribution is 8.89. The molecule has 0 aromatic rings. The van der Waals surface area contributed by atoms with E-state index >= 15 is 0 Å². The first-order chi connectivity index (χ1) is 13.7. The lowest BCUT2D eigenvalue weighted by Gasteiger charge is -2.41. The summed E-state index contributed by atoms with van der Waals surface area (Å²) in [6, 6.07) is 0. The van der Waals surface area contributed by atoms with Crippen molar-refractivity contribution in [1.29, 1.82) is 0 Å². The van der Waals surface area contributed by atoms with Gasteiger partial charge in [0.25, 0.3) is 0 Å². The summed E-state index contributed by atoms with van der Waals surface area (Å²) >= 11 is 11.8. The summed E-state index contributed by atoms with van der Waals surface area (Å²) in [4.78, 5) is 0. The predicted molar refractivity (Wildman–Crippen MR) is 127 cm³/mol. The van der Waals surface area contributed by atoms with Gasteiger partial charge in [0.2, 0.25) is 0 Å². The Kier molecular flexibility index (Phi) is 8.13. The molecular formula is C18H32N6S4. The molecule has 4 aliphatic rings. The zero-order valence-corrected chi connectivity index (χ0v) is 19.9. The Morgan fingerprint density at radius 1 is 0.464 bits per heavy atom. The second-order valence-corrected chi connectivity index (χ2v) is 11.3. The van der Waals surface area contributed by atoms with Gasteiger partial charge in [0.05, 0.1) is 0 Å². The molecule has 4 heterocycles. The van der Waals surface area contributed by atoms with E-state index in [1.165, 1.54) is 51.4 Å².